The summed E-state index contributed by atoms with van der Waals surface area (Å²) in [7, 11) is 2.03. The second-order valence-electron chi connectivity index (χ2n) is 9.87. The minimum Gasteiger partial charge on any atom is -0.335 e. The van der Waals surface area contributed by atoms with Gasteiger partial charge < -0.3 is 20.9 Å². The number of aromatic nitrogens is 2. The largest absolute Gasteiger partial charge is 0.335 e. The monoisotopic (exact) mass is 527 g/mol. The number of halogens is 1. The van der Waals surface area contributed by atoms with Crippen LogP contribution in [0.3, 0.4) is 0 Å². The predicted octanol–water partition coefficient (Wildman–Crippen LogP) is 0.992. The van der Waals surface area contributed by atoms with Gasteiger partial charge in [-0.1, -0.05) is 6.07 Å². The first-order chi connectivity index (χ1) is 18.2. The molecule has 4 heterocycles. The number of hydrogen-bond acceptors (Lipinski definition) is 9. The van der Waals surface area contributed by atoms with E-state index in [9.17, 15) is 18.9 Å². The molecule has 0 radical (unpaired) electrons. The number of likely N-dealkylation sites (N-methyl/N-ethyl adjacent to an activating group) is 1. The number of nitrogens with one attached hydrogen (secondary N) is 2. The second kappa shape index (κ2) is 11.9. The molecule has 0 aromatic carbocycles. The number of nitrogens with two attached hydrogens (primary N) is 1. The van der Waals surface area contributed by atoms with Crippen LogP contribution >= 0.6 is 0 Å². The number of aryl methyl sites for hydroxylation is 1. The summed E-state index contributed by atoms with van der Waals surface area (Å²) < 4.78 is 13.8. The third-order valence-electron chi connectivity index (χ3n) is 7.03. The predicted molar refractivity (Wildman–Crippen MR) is 141 cm³/mol. The zero-order valence-corrected chi connectivity index (χ0v) is 21.8. The Morgan fingerprint density at radius 2 is 1.95 bits per heavy atom. The molecule has 4 rings (SSSR count). The zero-order chi connectivity index (χ0) is 27.4. The van der Waals surface area contributed by atoms with Gasteiger partial charge in [0.05, 0.1) is 29.6 Å². The Balaban J connectivity index is 1.56. The van der Waals surface area contributed by atoms with Crippen LogP contribution in [-0.4, -0.2) is 101 Å². The van der Waals surface area contributed by atoms with Gasteiger partial charge in [-0.25, -0.2) is 14.4 Å². The molecule has 2 aliphatic heterocycles. The Bertz CT molecular complexity index is 1170. The van der Waals surface area contributed by atoms with Gasteiger partial charge in [0.15, 0.2) is 0 Å². The highest BCUT2D eigenvalue weighted by Gasteiger charge is 2.40. The lowest BCUT2D eigenvalue weighted by Crippen LogP contribution is -2.62. The van der Waals surface area contributed by atoms with Gasteiger partial charge in [0, 0.05) is 61.8 Å². The first-order valence-electron chi connectivity index (χ1n) is 12.6. The fourth-order valence-electron chi connectivity index (χ4n) is 4.88. The quantitative estimate of drug-likeness (QED) is 0.448. The van der Waals surface area contributed by atoms with Crippen molar-refractivity contribution in [1.82, 2.24) is 30.1 Å². The average molecular weight is 528 g/mol. The van der Waals surface area contributed by atoms with E-state index in [1.807, 2.05) is 13.1 Å². The number of amides is 2. The molecule has 13 heteroatoms. The zero-order valence-electron chi connectivity index (χ0n) is 21.8. The van der Waals surface area contributed by atoms with Gasteiger partial charge in [-0.3, -0.25) is 19.9 Å². The molecule has 2 aliphatic rings. The molecule has 4 unspecified atom stereocenters. The summed E-state index contributed by atoms with van der Waals surface area (Å²) in [4.78, 5) is 50.4. The van der Waals surface area contributed by atoms with Crippen LogP contribution in [0.5, 0.6) is 0 Å². The first kappa shape index (κ1) is 27.5. The molecule has 0 aliphatic carbocycles. The molecule has 2 fully saturated rings. The van der Waals surface area contributed by atoms with E-state index in [4.69, 9.17) is 5.73 Å². The molecular weight excluding hydrogens is 493 g/mol. The maximum absolute atomic E-state index is 13.8. The van der Waals surface area contributed by atoms with Gasteiger partial charge in [-0.2, -0.15) is 0 Å². The molecule has 2 aromatic rings. The van der Waals surface area contributed by atoms with E-state index in [1.54, 1.807) is 37.1 Å². The molecule has 0 spiro atoms. The molecule has 0 saturated carbocycles. The Morgan fingerprint density at radius 1 is 1.21 bits per heavy atom. The van der Waals surface area contributed by atoms with Gasteiger partial charge in [0.1, 0.15) is 18.0 Å². The summed E-state index contributed by atoms with van der Waals surface area (Å²) >= 11 is 0. The molecule has 2 amide bonds. The number of pyridine rings is 2. The van der Waals surface area contributed by atoms with Crippen molar-refractivity contribution >= 4 is 17.5 Å². The van der Waals surface area contributed by atoms with Crippen LogP contribution in [-0.2, 0) is 4.79 Å². The van der Waals surface area contributed by atoms with Crippen molar-refractivity contribution < 1.29 is 14.0 Å². The molecule has 204 valence electrons. The highest BCUT2D eigenvalue weighted by atomic mass is 19.1. The standard InChI is InChI=1S/C25H34FN9O3/c1-15(27)22(23-29-12-17(26)14-35(23)32-38)24(36)31-21-13-28-7-6-19(21)18-4-5-20(30-16(18)2)25(37)34-10-8-33(3)9-11-34/h4-7,13,15,17,22-23,29H,8-12,14,27H2,1-3H3,(H,31,36). The molecule has 12 nitrogen and oxygen atoms in total. The third-order valence-corrected chi connectivity index (χ3v) is 7.03. The van der Waals surface area contributed by atoms with Crippen LogP contribution in [0.1, 0.15) is 23.1 Å². The molecule has 0 bridgehead atoms. The minimum absolute atomic E-state index is 0.0185. The van der Waals surface area contributed by atoms with Gasteiger partial charge in [0.2, 0.25) is 5.91 Å². The van der Waals surface area contributed by atoms with Crippen LogP contribution < -0.4 is 16.4 Å². The topological polar surface area (TPSA) is 149 Å². The van der Waals surface area contributed by atoms with Crippen LogP contribution in [0.25, 0.3) is 11.1 Å². The number of anilines is 1. The maximum Gasteiger partial charge on any atom is 0.272 e. The van der Waals surface area contributed by atoms with E-state index in [1.165, 1.54) is 6.20 Å². The van der Waals surface area contributed by atoms with Crippen molar-refractivity contribution in [1.29, 1.82) is 0 Å². The van der Waals surface area contributed by atoms with Crippen molar-refractivity contribution in [3.63, 3.8) is 0 Å². The normalized spacial score (nSPS) is 22.0. The van der Waals surface area contributed by atoms with Gasteiger partial charge in [0.25, 0.3) is 5.91 Å². The highest BCUT2D eigenvalue weighted by molar-refractivity contribution is 5.98. The Labute approximate surface area is 220 Å². The number of rotatable bonds is 7. The number of alkyl halides is 1. The van der Waals surface area contributed by atoms with Gasteiger partial charge in [-0.15, -0.1) is 4.91 Å². The lowest BCUT2D eigenvalue weighted by Gasteiger charge is -2.39. The molecular formula is C25H34FN9O3. The van der Waals surface area contributed by atoms with Crippen molar-refractivity contribution in [2.75, 3.05) is 51.6 Å². The number of carbonyl (C=O) groups excluding carboxylic acids is 2. The summed E-state index contributed by atoms with van der Waals surface area (Å²) in [5.74, 6) is -1.49. The maximum atomic E-state index is 13.8. The molecule has 38 heavy (non-hydrogen) atoms. The summed E-state index contributed by atoms with van der Waals surface area (Å²) in [5, 5.41) is 9.62. The lowest BCUT2D eigenvalue weighted by atomic mass is 9.94. The van der Waals surface area contributed by atoms with Crippen molar-refractivity contribution in [2.24, 2.45) is 16.9 Å². The van der Waals surface area contributed by atoms with Crippen LogP contribution in [0.4, 0.5) is 10.1 Å². The number of carbonyl (C=O) groups is 2. The van der Waals surface area contributed by atoms with E-state index in [2.05, 4.69) is 30.8 Å². The lowest BCUT2D eigenvalue weighted by molar-refractivity contribution is -0.124. The molecule has 2 aromatic heterocycles. The molecule has 4 N–H and O–H groups in total. The molecule has 2 saturated heterocycles. The van der Waals surface area contributed by atoms with E-state index in [0.29, 0.717) is 35.7 Å². The molecule has 4 atom stereocenters. The second-order valence-corrected chi connectivity index (χ2v) is 9.87. The Hall–Kier alpha value is -3.55. The smallest absolute Gasteiger partial charge is 0.272 e. The van der Waals surface area contributed by atoms with Crippen molar-refractivity contribution in [3.8, 4) is 11.1 Å². The van der Waals surface area contributed by atoms with Gasteiger partial charge in [-0.05, 0) is 33.0 Å². The number of nitroso groups, excluding NO2 is 1. The minimum atomic E-state index is -1.28. The first-order valence-corrected chi connectivity index (χ1v) is 12.6. The van der Waals surface area contributed by atoms with Crippen LogP contribution in [0.15, 0.2) is 35.9 Å². The fourth-order valence-corrected chi connectivity index (χ4v) is 4.88. The van der Waals surface area contributed by atoms with Crippen molar-refractivity contribution in [3.05, 3.63) is 46.9 Å². The Morgan fingerprint density at radius 3 is 2.61 bits per heavy atom. The van der Waals surface area contributed by atoms with E-state index < -0.39 is 30.2 Å². The summed E-state index contributed by atoms with van der Waals surface area (Å²) in [6, 6.07) is 4.57. The van der Waals surface area contributed by atoms with Crippen LogP contribution in [0.2, 0.25) is 0 Å². The number of hydrogen-bond donors (Lipinski definition) is 3. The average Bonchev–Trinajstić information content (AvgIpc) is 2.90. The SMILES string of the molecule is Cc1nc(C(=O)N2CCN(C)CC2)ccc1-c1ccncc1NC(=O)C(C(C)N)C1NCC(F)CN1N=O. The van der Waals surface area contributed by atoms with E-state index >= 15 is 0 Å². The summed E-state index contributed by atoms with van der Waals surface area (Å²) in [6.07, 6.45) is 0.963. The van der Waals surface area contributed by atoms with Crippen LogP contribution in [0, 0.1) is 17.7 Å². The summed E-state index contributed by atoms with van der Waals surface area (Å²) in [6.45, 7) is 6.14. The van der Waals surface area contributed by atoms with E-state index in [-0.39, 0.29) is 19.0 Å². The highest BCUT2D eigenvalue weighted by Crippen LogP contribution is 2.30. The van der Waals surface area contributed by atoms with E-state index in [0.717, 1.165) is 23.7 Å². The number of piperazine rings is 1. The van der Waals surface area contributed by atoms with Crippen molar-refractivity contribution in [2.45, 2.75) is 32.2 Å². The summed E-state index contributed by atoms with van der Waals surface area (Å²) in [5.41, 5.74) is 8.91. The number of nitrogens with zero attached hydrogens (tertiary/aromatic N) is 6. The third kappa shape index (κ3) is 5.95. The fraction of sp³-hybridized carbons (Fsp3) is 0.520. The Kier molecular flexibility index (Phi) is 8.59. The van der Waals surface area contributed by atoms with Gasteiger partial charge >= 0.3 is 0 Å².